The van der Waals surface area contributed by atoms with E-state index in [0.717, 1.165) is 34.9 Å². The average molecular weight is 458 g/mol. The lowest BCUT2D eigenvalue weighted by atomic mass is 10.0. The van der Waals surface area contributed by atoms with Crippen LogP contribution in [0.2, 0.25) is 5.02 Å². The Bertz CT molecular complexity index is 1120. The molecule has 2 unspecified atom stereocenters. The molecule has 2 aliphatic rings. The van der Waals surface area contributed by atoms with Crippen LogP contribution in [0.1, 0.15) is 16.1 Å². The summed E-state index contributed by atoms with van der Waals surface area (Å²) in [5, 5.41) is 16.4. The normalized spacial score (nSPS) is 20.9. The third-order valence-corrected chi connectivity index (χ3v) is 7.07. The number of halogens is 1. The lowest BCUT2D eigenvalue weighted by Crippen LogP contribution is -2.36. The molecule has 2 saturated heterocycles. The number of hydrogen-bond acceptors (Lipinski definition) is 6. The molecule has 2 aromatic heterocycles. The summed E-state index contributed by atoms with van der Waals surface area (Å²) in [7, 11) is 0. The van der Waals surface area contributed by atoms with Gasteiger partial charge in [-0.3, -0.25) is 4.90 Å². The minimum Gasteiger partial charge on any atom is -0.476 e. The molecule has 0 saturated carbocycles. The van der Waals surface area contributed by atoms with E-state index in [2.05, 4.69) is 27.1 Å². The van der Waals surface area contributed by atoms with Crippen LogP contribution in [-0.4, -0.2) is 67.9 Å². The number of carboxylic acid groups (broad SMARTS) is 1. The van der Waals surface area contributed by atoms with E-state index in [9.17, 15) is 9.59 Å². The first-order chi connectivity index (χ1) is 15.0. The number of benzene rings is 1. The van der Waals surface area contributed by atoms with Gasteiger partial charge in [0.1, 0.15) is 5.01 Å². The van der Waals surface area contributed by atoms with Crippen molar-refractivity contribution in [3.05, 3.63) is 58.3 Å². The van der Waals surface area contributed by atoms with E-state index in [1.807, 2.05) is 11.4 Å². The van der Waals surface area contributed by atoms with Gasteiger partial charge >= 0.3 is 12.0 Å². The number of fused-ring (bicyclic) bond motifs is 1. The molecule has 3 aromatic rings. The standard InChI is InChI=1S/C21H20ClN5O3S/c22-17-2-1-13(7-16(17)19-23-4-6-31-19)8-25-9-14-11-26(12-15(14)10-25)21(30)27-5-3-18(24-27)20(28)29/h1-7,14-15H,8-12H2,(H,28,29). The van der Waals surface area contributed by atoms with E-state index < -0.39 is 5.97 Å². The van der Waals surface area contributed by atoms with Gasteiger partial charge in [-0.25, -0.2) is 14.6 Å². The van der Waals surface area contributed by atoms with Gasteiger partial charge in [0, 0.05) is 56.1 Å². The predicted octanol–water partition coefficient (Wildman–Crippen LogP) is 3.39. The van der Waals surface area contributed by atoms with Crippen molar-refractivity contribution in [2.24, 2.45) is 11.8 Å². The molecule has 5 rings (SSSR count). The van der Waals surface area contributed by atoms with E-state index in [-0.39, 0.29) is 11.7 Å². The molecule has 10 heteroatoms. The van der Waals surface area contributed by atoms with Crippen LogP contribution in [0.5, 0.6) is 0 Å². The summed E-state index contributed by atoms with van der Waals surface area (Å²) in [4.78, 5) is 32.2. The number of carbonyl (C=O) groups excluding carboxylic acids is 1. The van der Waals surface area contributed by atoms with Crippen LogP contribution in [-0.2, 0) is 6.54 Å². The number of hydrogen-bond donors (Lipinski definition) is 1. The molecule has 2 aliphatic heterocycles. The molecule has 0 bridgehead atoms. The quantitative estimate of drug-likeness (QED) is 0.645. The zero-order chi connectivity index (χ0) is 21.5. The molecule has 31 heavy (non-hydrogen) atoms. The number of carbonyl (C=O) groups is 2. The van der Waals surface area contributed by atoms with Crippen LogP contribution in [0.4, 0.5) is 4.79 Å². The van der Waals surface area contributed by atoms with Crippen molar-refractivity contribution in [3.63, 3.8) is 0 Å². The smallest absolute Gasteiger partial charge is 0.356 e. The molecule has 8 nitrogen and oxygen atoms in total. The lowest BCUT2D eigenvalue weighted by Gasteiger charge is -2.21. The summed E-state index contributed by atoms with van der Waals surface area (Å²) in [6.07, 6.45) is 3.19. The van der Waals surface area contributed by atoms with Crippen molar-refractivity contribution in [1.82, 2.24) is 24.6 Å². The van der Waals surface area contributed by atoms with Crippen LogP contribution < -0.4 is 0 Å². The maximum atomic E-state index is 12.7. The van der Waals surface area contributed by atoms with Crippen molar-refractivity contribution < 1.29 is 14.7 Å². The summed E-state index contributed by atoms with van der Waals surface area (Å²) in [6, 6.07) is 7.18. The number of likely N-dealkylation sites (tertiary alicyclic amines) is 2. The summed E-state index contributed by atoms with van der Waals surface area (Å²) >= 11 is 7.95. The molecule has 2 fully saturated rings. The number of rotatable bonds is 4. The maximum Gasteiger partial charge on any atom is 0.356 e. The van der Waals surface area contributed by atoms with Crippen LogP contribution in [0.3, 0.4) is 0 Å². The number of nitrogens with zero attached hydrogens (tertiary/aromatic N) is 5. The predicted molar refractivity (Wildman–Crippen MR) is 116 cm³/mol. The van der Waals surface area contributed by atoms with Gasteiger partial charge in [0.05, 0.1) is 5.02 Å². The minimum atomic E-state index is -1.14. The number of aromatic carboxylic acids is 1. The molecular formula is C21H20ClN5O3S. The molecule has 1 amide bonds. The van der Waals surface area contributed by atoms with E-state index >= 15 is 0 Å². The first-order valence-corrected chi connectivity index (χ1v) is 11.2. The van der Waals surface area contributed by atoms with E-state index in [1.165, 1.54) is 17.8 Å². The number of amides is 1. The highest BCUT2D eigenvalue weighted by Gasteiger charge is 2.42. The van der Waals surface area contributed by atoms with E-state index in [4.69, 9.17) is 16.7 Å². The fourth-order valence-corrected chi connectivity index (χ4v) is 5.45. The fraction of sp³-hybridized carbons (Fsp3) is 0.333. The third-order valence-electron chi connectivity index (χ3n) is 5.94. The molecule has 0 aliphatic carbocycles. The number of aromatic nitrogens is 3. The van der Waals surface area contributed by atoms with Crippen LogP contribution in [0.25, 0.3) is 10.6 Å². The zero-order valence-corrected chi connectivity index (χ0v) is 18.1. The van der Waals surface area contributed by atoms with Gasteiger partial charge in [0.2, 0.25) is 0 Å². The Kier molecular flexibility index (Phi) is 5.25. The maximum absolute atomic E-state index is 12.7. The monoisotopic (exact) mass is 457 g/mol. The van der Waals surface area contributed by atoms with Crippen molar-refractivity contribution in [3.8, 4) is 10.6 Å². The molecule has 160 valence electrons. The second-order valence-corrected chi connectivity index (χ2v) is 9.31. The fourth-order valence-electron chi connectivity index (χ4n) is 4.51. The Balaban J connectivity index is 1.21. The van der Waals surface area contributed by atoms with Crippen LogP contribution >= 0.6 is 22.9 Å². The van der Waals surface area contributed by atoms with Gasteiger partial charge in [0.25, 0.3) is 0 Å². The van der Waals surface area contributed by atoms with Crippen molar-refractivity contribution in [2.75, 3.05) is 26.2 Å². The first kappa shape index (κ1) is 20.2. The highest BCUT2D eigenvalue weighted by Crippen LogP contribution is 2.34. The second-order valence-electron chi connectivity index (χ2n) is 8.00. The first-order valence-electron chi connectivity index (χ1n) is 9.97. The zero-order valence-electron chi connectivity index (χ0n) is 16.5. The molecule has 1 N–H and O–H groups in total. The lowest BCUT2D eigenvalue weighted by molar-refractivity contribution is 0.0690. The number of thiazole rings is 1. The van der Waals surface area contributed by atoms with Gasteiger partial charge < -0.3 is 10.0 Å². The Morgan fingerprint density at radius 2 is 1.94 bits per heavy atom. The molecule has 0 radical (unpaired) electrons. The number of carboxylic acids is 1. The Morgan fingerprint density at radius 1 is 1.16 bits per heavy atom. The third kappa shape index (κ3) is 3.96. The molecule has 2 atom stereocenters. The summed E-state index contributed by atoms with van der Waals surface area (Å²) in [6.45, 7) is 3.99. The summed E-state index contributed by atoms with van der Waals surface area (Å²) in [5.74, 6) is -0.325. The van der Waals surface area contributed by atoms with Crippen molar-refractivity contribution in [1.29, 1.82) is 0 Å². The van der Waals surface area contributed by atoms with Gasteiger partial charge in [0.15, 0.2) is 5.69 Å². The minimum absolute atomic E-state index is 0.126. The molecule has 4 heterocycles. The van der Waals surface area contributed by atoms with Gasteiger partial charge in [-0.2, -0.15) is 9.78 Å². The average Bonchev–Trinajstić information content (AvgIpc) is 3.52. The molecule has 0 spiro atoms. The van der Waals surface area contributed by atoms with Crippen LogP contribution in [0.15, 0.2) is 42.0 Å². The highest BCUT2D eigenvalue weighted by molar-refractivity contribution is 7.13. The second kappa shape index (κ2) is 8.07. The van der Waals surface area contributed by atoms with E-state index in [0.29, 0.717) is 29.9 Å². The van der Waals surface area contributed by atoms with Crippen molar-refractivity contribution >= 4 is 34.9 Å². The van der Waals surface area contributed by atoms with Crippen molar-refractivity contribution in [2.45, 2.75) is 6.54 Å². The van der Waals surface area contributed by atoms with Gasteiger partial charge in [-0.1, -0.05) is 17.7 Å². The molecular weight excluding hydrogens is 438 g/mol. The molecule has 1 aromatic carbocycles. The van der Waals surface area contributed by atoms with E-state index in [1.54, 1.807) is 22.4 Å². The largest absolute Gasteiger partial charge is 0.476 e. The van der Waals surface area contributed by atoms with Gasteiger partial charge in [-0.05, 0) is 35.6 Å². The topological polar surface area (TPSA) is 91.6 Å². The summed E-state index contributed by atoms with van der Waals surface area (Å²) in [5.41, 5.74) is 2.03. The Morgan fingerprint density at radius 3 is 2.58 bits per heavy atom. The Hall–Kier alpha value is -2.75. The Labute approximate surface area is 187 Å². The summed E-state index contributed by atoms with van der Waals surface area (Å²) < 4.78 is 1.12. The van der Waals surface area contributed by atoms with Crippen LogP contribution in [0, 0.1) is 11.8 Å². The highest BCUT2D eigenvalue weighted by atomic mass is 35.5. The van der Waals surface area contributed by atoms with Gasteiger partial charge in [-0.15, -0.1) is 11.3 Å². The SMILES string of the molecule is O=C(O)c1ccn(C(=O)N2CC3CN(Cc4ccc(Cl)c(-c5nccs5)c4)CC3C2)n1.